The number of hydrogen-bond donors (Lipinski definition) is 3. The van der Waals surface area contributed by atoms with E-state index in [0.29, 0.717) is 13.0 Å². The van der Waals surface area contributed by atoms with Gasteiger partial charge in [-0.3, -0.25) is 9.59 Å². The molecular formula is C24H24O8. The Morgan fingerprint density at radius 1 is 1.03 bits per heavy atom. The second-order valence-corrected chi connectivity index (χ2v) is 8.40. The summed E-state index contributed by atoms with van der Waals surface area (Å²) in [5, 5.41) is 32.8. The minimum absolute atomic E-state index is 0.0276. The van der Waals surface area contributed by atoms with Gasteiger partial charge in [0.05, 0.1) is 36.0 Å². The van der Waals surface area contributed by atoms with Crippen LogP contribution >= 0.6 is 0 Å². The van der Waals surface area contributed by atoms with Crippen molar-refractivity contribution < 1.29 is 39.1 Å². The first-order chi connectivity index (χ1) is 15.4. The first kappa shape index (κ1) is 20.9. The molecule has 0 aromatic heterocycles. The second-order valence-electron chi connectivity index (χ2n) is 8.40. The van der Waals surface area contributed by atoms with Gasteiger partial charge in [0.2, 0.25) is 5.78 Å². The van der Waals surface area contributed by atoms with Crippen molar-refractivity contribution in [1.29, 1.82) is 0 Å². The maximum Gasteiger partial charge on any atom is 0.202 e. The molecule has 0 bridgehead atoms. The zero-order valence-electron chi connectivity index (χ0n) is 17.6. The van der Waals surface area contributed by atoms with Gasteiger partial charge in [0, 0.05) is 36.1 Å². The van der Waals surface area contributed by atoms with Crippen molar-refractivity contribution in [2.75, 3.05) is 13.7 Å². The zero-order chi connectivity index (χ0) is 22.6. The topological polar surface area (TPSA) is 123 Å². The molecule has 0 spiro atoms. The number of phenolic OH excluding ortho intramolecular Hbond substituents is 2. The third kappa shape index (κ3) is 3.09. The molecule has 1 heterocycles. The number of carbonyl (C=O) groups excluding carboxylic acids is 2. The lowest BCUT2D eigenvalue weighted by Crippen LogP contribution is -2.32. The Morgan fingerprint density at radius 2 is 1.81 bits per heavy atom. The van der Waals surface area contributed by atoms with Gasteiger partial charge in [-0.2, -0.15) is 0 Å². The number of fused-ring (bicyclic) bond motifs is 3. The molecule has 1 fully saturated rings. The van der Waals surface area contributed by atoms with Gasteiger partial charge in [0.1, 0.15) is 17.2 Å². The molecule has 0 saturated carbocycles. The summed E-state index contributed by atoms with van der Waals surface area (Å²) in [6, 6.07) is 4.63. The summed E-state index contributed by atoms with van der Waals surface area (Å²) in [6.45, 7) is 0.553. The van der Waals surface area contributed by atoms with Crippen LogP contribution in [0.15, 0.2) is 18.2 Å². The van der Waals surface area contributed by atoms with E-state index in [0.717, 1.165) is 12.8 Å². The summed E-state index contributed by atoms with van der Waals surface area (Å²) in [4.78, 5) is 26.7. The number of phenols is 2. The van der Waals surface area contributed by atoms with E-state index < -0.39 is 41.6 Å². The Morgan fingerprint density at radius 3 is 2.53 bits per heavy atom. The van der Waals surface area contributed by atoms with Gasteiger partial charge in [0.25, 0.3) is 0 Å². The van der Waals surface area contributed by atoms with Crippen LogP contribution in [0.4, 0.5) is 0 Å². The van der Waals surface area contributed by atoms with Gasteiger partial charge in [-0.05, 0) is 25.3 Å². The molecule has 1 unspecified atom stereocenters. The number of aliphatic hydroxyl groups is 1. The smallest absolute Gasteiger partial charge is 0.202 e. The Bertz CT molecular complexity index is 1120. The Hall–Kier alpha value is -2.94. The van der Waals surface area contributed by atoms with E-state index in [1.54, 1.807) is 12.1 Å². The van der Waals surface area contributed by atoms with Crippen molar-refractivity contribution in [3.05, 3.63) is 51.6 Å². The van der Waals surface area contributed by atoms with Crippen molar-refractivity contribution in [3.8, 4) is 17.2 Å². The molecule has 0 amide bonds. The number of hydrogen-bond acceptors (Lipinski definition) is 8. The number of carbonyl (C=O) groups is 2. The maximum atomic E-state index is 13.4. The van der Waals surface area contributed by atoms with Crippen molar-refractivity contribution in [2.24, 2.45) is 0 Å². The molecule has 3 N–H and O–H groups in total. The molecule has 5 rings (SSSR count). The minimum Gasteiger partial charge on any atom is -0.507 e. The van der Waals surface area contributed by atoms with E-state index in [-0.39, 0.29) is 52.0 Å². The molecule has 8 heteroatoms. The average Bonchev–Trinajstić information content (AvgIpc) is 2.79. The van der Waals surface area contributed by atoms with Crippen molar-refractivity contribution in [1.82, 2.24) is 0 Å². The highest BCUT2D eigenvalue weighted by Crippen LogP contribution is 2.50. The lowest BCUT2D eigenvalue weighted by Gasteiger charge is -2.35. The van der Waals surface area contributed by atoms with E-state index in [1.807, 2.05) is 0 Å². The fraction of sp³-hybridized carbons (Fsp3) is 0.417. The van der Waals surface area contributed by atoms with Gasteiger partial charge in [-0.25, -0.2) is 0 Å². The summed E-state index contributed by atoms with van der Waals surface area (Å²) < 4.78 is 17.0. The van der Waals surface area contributed by atoms with Gasteiger partial charge in [-0.1, -0.05) is 12.1 Å². The number of benzene rings is 2. The van der Waals surface area contributed by atoms with Crippen LogP contribution in [-0.2, 0) is 15.9 Å². The van der Waals surface area contributed by atoms with Gasteiger partial charge < -0.3 is 29.5 Å². The highest BCUT2D eigenvalue weighted by Gasteiger charge is 2.43. The molecule has 8 nitrogen and oxygen atoms in total. The Balaban J connectivity index is 1.68. The third-order valence-electron chi connectivity index (χ3n) is 6.46. The Kier molecular flexibility index (Phi) is 5.16. The number of methoxy groups -OCH3 is 1. The first-order valence-corrected chi connectivity index (χ1v) is 10.7. The summed E-state index contributed by atoms with van der Waals surface area (Å²) in [5.74, 6) is -1.80. The van der Waals surface area contributed by atoms with Crippen LogP contribution in [0.25, 0.3) is 0 Å². The number of ether oxygens (including phenoxy) is 3. The fourth-order valence-electron chi connectivity index (χ4n) is 4.98. The van der Waals surface area contributed by atoms with E-state index in [1.165, 1.54) is 13.2 Å². The monoisotopic (exact) mass is 440 g/mol. The van der Waals surface area contributed by atoms with E-state index >= 15 is 0 Å². The first-order valence-electron chi connectivity index (χ1n) is 10.7. The summed E-state index contributed by atoms with van der Waals surface area (Å²) >= 11 is 0. The quantitative estimate of drug-likeness (QED) is 0.532. The van der Waals surface area contributed by atoms with Crippen LogP contribution in [0, 0.1) is 0 Å². The highest BCUT2D eigenvalue weighted by atomic mass is 16.7. The molecular weight excluding hydrogens is 416 g/mol. The zero-order valence-corrected chi connectivity index (χ0v) is 17.6. The van der Waals surface area contributed by atoms with Crippen LogP contribution in [0.3, 0.4) is 0 Å². The number of ketones is 2. The normalized spacial score (nSPS) is 24.5. The summed E-state index contributed by atoms with van der Waals surface area (Å²) in [7, 11) is 1.39. The lowest BCUT2D eigenvalue weighted by molar-refractivity contribution is -0.197. The second kappa shape index (κ2) is 7.88. The number of aromatic hydroxyl groups is 2. The predicted octanol–water partition coefficient (Wildman–Crippen LogP) is 2.77. The van der Waals surface area contributed by atoms with Crippen LogP contribution < -0.4 is 4.74 Å². The van der Waals surface area contributed by atoms with Crippen LogP contribution in [0.2, 0.25) is 0 Å². The maximum absolute atomic E-state index is 13.4. The molecule has 2 aliphatic carbocycles. The summed E-state index contributed by atoms with van der Waals surface area (Å²) in [5.41, 5.74) is 0.0578. The summed E-state index contributed by atoms with van der Waals surface area (Å²) in [6.07, 6.45) is 0.569. The van der Waals surface area contributed by atoms with Crippen molar-refractivity contribution in [2.45, 2.75) is 50.6 Å². The molecule has 2 aromatic rings. The Labute approximate surface area is 184 Å². The average molecular weight is 440 g/mol. The number of aliphatic hydroxyl groups excluding tert-OH is 1. The van der Waals surface area contributed by atoms with E-state index in [4.69, 9.17) is 14.2 Å². The van der Waals surface area contributed by atoms with Crippen molar-refractivity contribution >= 4 is 11.6 Å². The molecule has 1 saturated heterocycles. The SMILES string of the molecule is COc1cccc2c1C(=O)c1c(O)c3c(c(O)c1C2=O)C[C@H](O)CC3O[C@H]1CCCCO1. The predicted molar refractivity (Wildman–Crippen MR) is 111 cm³/mol. The minimum atomic E-state index is -0.846. The lowest BCUT2D eigenvalue weighted by atomic mass is 9.76. The van der Waals surface area contributed by atoms with Crippen molar-refractivity contribution in [3.63, 3.8) is 0 Å². The van der Waals surface area contributed by atoms with Gasteiger partial charge in [-0.15, -0.1) is 0 Å². The molecule has 3 atom stereocenters. The molecule has 3 aliphatic rings. The van der Waals surface area contributed by atoms with Crippen LogP contribution in [-0.4, -0.2) is 53.0 Å². The fourth-order valence-corrected chi connectivity index (χ4v) is 4.98. The number of rotatable bonds is 3. The van der Waals surface area contributed by atoms with E-state index in [9.17, 15) is 24.9 Å². The van der Waals surface area contributed by atoms with Gasteiger partial charge in [0.15, 0.2) is 12.1 Å². The standard InChI is InChI=1S/C24H24O8/c1-30-14-6-4-5-12-17(14)23(28)20-19(21(12)26)22(27)13-9-11(25)10-15(18(13)24(20)29)32-16-7-2-3-8-31-16/h4-6,11,15-16,25,27,29H,2-3,7-10H2,1H3/t11-,15?,16-/m0/s1. The molecule has 1 aliphatic heterocycles. The third-order valence-corrected chi connectivity index (χ3v) is 6.46. The largest absolute Gasteiger partial charge is 0.507 e. The highest BCUT2D eigenvalue weighted by molar-refractivity contribution is 6.31. The molecule has 168 valence electrons. The molecule has 32 heavy (non-hydrogen) atoms. The van der Waals surface area contributed by atoms with E-state index in [2.05, 4.69) is 0 Å². The molecule has 2 aromatic carbocycles. The van der Waals surface area contributed by atoms with Crippen LogP contribution in [0.1, 0.15) is 74.8 Å². The van der Waals surface area contributed by atoms with Gasteiger partial charge >= 0.3 is 0 Å². The molecule has 0 radical (unpaired) electrons. The van der Waals surface area contributed by atoms with Crippen LogP contribution in [0.5, 0.6) is 17.2 Å².